The molecular weight excluding hydrogens is 290 g/mol. The van der Waals surface area contributed by atoms with E-state index in [2.05, 4.69) is 15.9 Å². The van der Waals surface area contributed by atoms with Gasteiger partial charge >= 0.3 is 0 Å². The van der Waals surface area contributed by atoms with Gasteiger partial charge < -0.3 is 0 Å². The fourth-order valence-corrected chi connectivity index (χ4v) is 3.98. The molecule has 1 fully saturated rings. The second-order valence-electron chi connectivity index (χ2n) is 3.98. The van der Waals surface area contributed by atoms with Gasteiger partial charge in [0.15, 0.2) is 0 Å². The minimum atomic E-state index is -3.10. The summed E-state index contributed by atoms with van der Waals surface area (Å²) in [5, 5.41) is 0. The third kappa shape index (κ3) is 2.11. The molecule has 0 unspecified atom stereocenters. The van der Waals surface area contributed by atoms with E-state index in [9.17, 15) is 8.42 Å². The van der Waals surface area contributed by atoms with E-state index in [-0.39, 0.29) is 5.75 Å². The quantitative estimate of drug-likeness (QED) is 0.800. The average Bonchev–Trinajstić information content (AvgIpc) is 2.22. The highest BCUT2D eigenvalue weighted by molar-refractivity contribution is 9.10. The van der Waals surface area contributed by atoms with Gasteiger partial charge in [0.25, 0.3) is 0 Å². The molecule has 0 N–H and O–H groups in total. The third-order valence-corrected chi connectivity index (χ3v) is 5.57. The molecule has 16 heavy (non-hydrogen) atoms. The van der Waals surface area contributed by atoms with E-state index in [1.54, 1.807) is 0 Å². The van der Waals surface area contributed by atoms with Gasteiger partial charge in [-0.2, -0.15) is 0 Å². The topological polar surface area (TPSA) is 37.4 Å². The van der Waals surface area contributed by atoms with Gasteiger partial charge in [-0.15, -0.1) is 0 Å². The Morgan fingerprint density at radius 3 is 2.75 bits per heavy atom. The second-order valence-corrected chi connectivity index (χ2v) is 6.85. The molecule has 0 atom stereocenters. The van der Waals surface area contributed by atoms with Crippen molar-refractivity contribution >= 4 is 31.6 Å². The first kappa shape index (κ1) is 11.9. The number of anilines is 1. The molecule has 0 bridgehead atoms. The first-order valence-electron chi connectivity index (χ1n) is 5.28. The summed E-state index contributed by atoms with van der Waals surface area (Å²) in [6.45, 7) is 2.53. The number of nitrogens with zero attached hydrogens (tertiary/aromatic N) is 1. The lowest BCUT2D eigenvalue weighted by atomic mass is 10.2. The molecule has 3 nitrogen and oxygen atoms in total. The van der Waals surface area contributed by atoms with Crippen molar-refractivity contribution in [1.29, 1.82) is 0 Å². The second kappa shape index (κ2) is 4.37. The summed E-state index contributed by atoms with van der Waals surface area (Å²) in [7, 11) is -3.10. The molecule has 1 aliphatic rings. The fourth-order valence-electron chi connectivity index (χ4n) is 1.93. The largest absolute Gasteiger partial charge is 0.270 e. The van der Waals surface area contributed by atoms with Gasteiger partial charge in [0.1, 0.15) is 0 Å². The minimum absolute atomic E-state index is 0.263. The summed E-state index contributed by atoms with van der Waals surface area (Å²) in [4.78, 5) is 0. The smallest absolute Gasteiger partial charge is 0.235 e. The molecule has 1 aromatic rings. The molecule has 1 heterocycles. The van der Waals surface area contributed by atoms with Crippen molar-refractivity contribution in [3.63, 3.8) is 0 Å². The number of halogens is 1. The molecule has 0 radical (unpaired) electrons. The molecule has 0 saturated carbocycles. The SMILES string of the molecule is Cc1c(Br)cccc1N1CCCCS1(=O)=O. The van der Waals surface area contributed by atoms with E-state index in [0.29, 0.717) is 6.54 Å². The molecule has 0 aliphatic carbocycles. The molecular formula is C11H14BrNO2S. The van der Waals surface area contributed by atoms with Gasteiger partial charge in [-0.05, 0) is 37.5 Å². The van der Waals surface area contributed by atoms with Gasteiger partial charge in [0.2, 0.25) is 10.0 Å². The van der Waals surface area contributed by atoms with E-state index in [0.717, 1.165) is 28.6 Å². The molecule has 0 aromatic heterocycles. The number of hydrogen-bond acceptors (Lipinski definition) is 2. The predicted octanol–water partition coefficient (Wildman–Crippen LogP) is 2.69. The summed E-state index contributed by atoms with van der Waals surface area (Å²) < 4.78 is 26.4. The highest BCUT2D eigenvalue weighted by Gasteiger charge is 2.27. The zero-order valence-electron chi connectivity index (χ0n) is 9.11. The fraction of sp³-hybridized carbons (Fsp3) is 0.455. The van der Waals surface area contributed by atoms with Crippen molar-refractivity contribution in [2.24, 2.45) is 0 Å². The Morgan fingerprint density at radius 1 is 1.31 bits per heavy atom. The zero-order chi connectivity index (χ0) is 11.8. The zero-order valence-corrected chi connectivity index (χ0v) is 11.5. The van der Waals surface area contributed by atoms with Crippen LogP contribution in [0.15, 0.2) is 22.7 Å². The lowest BCUT2D eigenvalue weighted by Gasteiger charge is -2.29. The summed E-state index contributed by atoms with van der Waals surface area (Å²) in [6, 6.07) is 5.66. The summed E-state index contributed by atoms with van der Waals surface area (Å²) in [5.41, 5.74) is 1.78. The number of sulfonamides is 1. The number of rotatable bonds is 1. The molecule has 88 valence electrons. The van der Waals surface area contributed by atoms with E-state index in [4.69, 9.17) is 0 Å². The van der Waals surface area contributed by atoms with E-state index >= 15 is 0 Å². The minimum Gasteiger partial charge on any atom is -0.270 e. The van der Waals surface area contributed by atoms with Crippen LogP contribution >= 0.6 is 15.9 Å². The molecule has 1 aromatic carbocycles. The van der Waals surface area contributed by atoms with E-state index < -0.39 is 10.0 Å². The highest BCUT2D eigenvalue weighted by Crippen LogP contribution is 2.30. The normalized spacial score (nSPS) is 19.8. The Kier molecular flexibility index (Phi) is 3.26. The van der Waals surface area contributed by atoms with Gasteiger partial charge in [0.05, 0.1) is 11.4 Å². The van der Waals surface area contributed by atoms with Crippen LogP contribution in [0, 0.1) is 6.92 Å². The Balaban J connectivity index is 2.47. The van der Waals surface area contributed by atoms with Crippen LogP contribution in [0.5, 0.6) is 0 Å². The van der Waals surface area contributed by atoms with Crippen LogP contribution in [-0.2, 0) is 10.0 Å². The molecule has 5 heteroatoms. The monoisotopic (exact) mass is 303 g/mol. The third-order valence-electron chi connectivity index (χ3n) is 2.86. The van der Waals surface area contributed by atoms with Crippen LogP contribution < -0.4 is 4.31 Å². The highest BCUT2D eigenvalue weighted by atomic mass is 79.9. The number of benzene rings is 1. The summed E-state index contributed by atoms with van der Waals surface area (Å²) in [6.07, 6.45) is 1.71. The predicted molar refractivity (Wildman–Crippen MR) is 69.2 cm³/mol. The first-order chi connectivity index (χ1) is 7.52. The standard InChI is InChI=1S/C11H14BrNO2S/c1-9-10(12)5-4-6-11(9)13-7-2-3-8-16(13,14)15/h4-6H,2-3,7-8H2,1H3. The lowest BCUT2D eigenvalue weighted by molar-refractivity contribution is 0.574. The van der Waals surface area contributed by atoms with Gasteiger partial charge in [-0.1, -0.05) is 22.0 Å². The Hall–Kier alpha value is -0.550. The maximum absolute atomic E-state index is 12.0. The first-order valence-corrected chi connectivity index (χ1v) is 7.68. The maximum atomic E-state index is 12.0. The van der Waals surface area contributed by atoms with Crippen molar-refractivity contribution in [2.45, 2.75) is 19.8 Å². The Bertz CT molecular complexity index is 499. The molecule has 1 saturated heterocycles. The van der Waals surface area contributed by atoms with Crippen molar-refractivity contribution in [3.8, 4) is 0 Å². The van der Waals surface area contributed by atoms with Crippen LogP contribution in [0.25, 0.3) is 0 Å². The van der Waals surface area contributed by atoms with Gasteiger partial charge in [0, 0.05) is 11.0 Å². The van der Waals surface area contributed by atoms with Crippen molar-refractivity contribution in [2.75, 3.05) is 16.6 Å². The summed E-state index contributed by atoms with van der Waals surface area (Å²) in [5.74, 6) is 0.263. The maximum Gasteiger partial charge on any atom is 0.235 e. The van der Waals surface area contributed by atoms with Crippen LogP contribution in [0.3, 0.4) is 0 Å². The lowest BCUT2D eigenvalue weighted by Crippen LogP contribution is -2.38. The van der Waals surface area contributed by atoms with Crippen molar-refractivity contribution in [1.82, 2.24) is 0 Å². The van der Waals surface area contributed by atoms with Crippen LogP contribution in [-0.4, -0.2) is 20.7 Å². The van der Waals surface area contributed by atoms with Crippen LogP contribution in [0.4, 0.5) is 5.69 Å². The Labute approximate surface area is 105 Å². The van der Waals surface area contributed by atoms with Crippen LogP contribution in [0.2, 0.25) is 0 Å². The Morgan fingerprint density at radius 2 is 2.06 bits per heavy atom. The van der Waals surface area contributed by atoms with Crippen molar-refractivity contribution in [3.05, 3.63) is 28.2 Å². The van der Waals surface area contributed by atoms with E-state index in [1.807, 2.05) is 25.1 Å². The summed E-state index contributed by atoms with van der Waals surface area (Å²) >= 11 is 3.43. The molecule has 0 spiro atoms. The molecule has 1 aliphatic heterocycles. The van der Waals surface area contributed by atoms with Gasteiger partial charge in [-0.3, -0.25) is 4.31 Å². The van der Waals surface area contributed by atoms with E-state index in [1.165, 1.54) is 4.31 Å². The van der Waals surface area contributed by atoms with Gasteiger partial charge in [-0.25, -0.2) is 8.42 Å². The average molecular weight is 304 g/mol. The van der Waals surface area contributed by atoms with Crippen LogP contribution in [0.1, 0.15) is 18.4 Å². The number of hydrogen-bond donors (Lipinski definition) is 0. The van der Waals surface area contributed by atoms with Crippen molar-refractivity contribution < 1.29 is 8.42 Å². The molecule has 0 amide bonds. The molecule has 2 rings (SSSR count).